The standard InChI is InChI=1S/C8H13F3O2S/c1-13-7(8(9,10)11)6-2-4-14(12)5-3-6/h6-7H,2-5H2,1H3. The third-order valence-electron chi connectivity index (χ3n) is 2.44. The molecular weight excluding hydrogens is 217 g/mol. The Kier molecular flexibility index (Phi) is 4.09. The lowest BCUT2D eigenvalue weighted by molar-refractivity contribution is -0.229. The van der Waals surface area contributed by atoms with Crippen LogP contribution < -0.4 is 0 Å². The summed E-state index contributed by atoms with van der Waals surface area (Å²) in [4.78, 5) is 0. The quantitative estimate of drug-likeness (QED) is 0.676. The monoisotopic (exact) mass is 230 g/mol. The molecule has 0 radical (unpaired) electrons. The summed E-state index contributed by atoms with van der Waals surface area (Å²) in [6, 6.07) is 0. The maximum absolute atomic E-state index is 12.4. The van der Waals surface area contributed by atoms with Gasteiger partial charge in [-0.25, -0.2) is 0 Å². The summed E-state index contributed by atoms with van der Waals surface area (Å²) in [6.45, 7) is 0. The van der Waals surface area contributed by atoms with E-state index in [0.29, 0.717) is 24.3 Å². The second kappa shape index (κ2) is 4.72. The van der Waals surface area contributed by atoms with Crippen molar-refractivity contribution in [3.8, 4) is 0 Å². The molecule has 1 fully saturated rings. The normalized spacial score (nSPS) is 31.5. The van der Waals surface area contributed by atoms with Crippen molar-refractivity contribution in [1.29, 1.82) is 0 Å². The zero-order valence-electron chi connectivity index (χ0n) is 7.84. The highest BCUT2D eigenvalue weighted by Crippen LogP contribution is 2.34. The fourth-order valence-corrected chi connectivity index (χ4v) is 3.04. The highest BCUT2D eigenvalue weighted by molar-refractivity contribution is 7.91. The Labute approximate surface area is 84.0 Å². The highest BCUT2D eigenvalue weighted by atomic mass is 32.2. The summed E-state index contributed by atoms with van der Waals surface area (Å²) in [5.74, 6) is 0.194. The minimum Gasteiger partial charge on any atom is -0.616 e. The van der Waals surface area contributed by atoms with Crippen LogP contribution in [0.2, 0.25) is 0 Å². The van der Waals surface area contributed by atoms with Crippen LogP contribution in [0.25, 0.3) is 0 Å². The van der Waals surface area contributed by atoms with E-state index in [1.807, 2.05) is 0 Å². The maximum atomic E-state index is 12.4. The first kappa shape index (κ1) is 12.1. The predicted molar refractivity (Wildman–Crippen MR) is 47.5 cm³/mol. The van der Waals surface area contributed by atoms with Crippen LogP contribution in [0.1, 0.15) is 12.8 Å². The molecule has 0 aliphatic carbocycles. The maximum Gasteiger partial charge on any atom is 0.414 e. The van der Waals surface area contributed by atoms with Gasteiger partial charge in [-0.05, 0) is 12.8 Å². The first-order valence-electron chi connectivity index (χ1n) is 4.39. The van der Waals surface area contributed by atoms with Crippen LogP contribution in [-0.2, 0) is 15.9 Å². The minimum atomic E-state index is -4.31. The fraction of sp³-hybridized carbons (Fsp3) is 1.00. The fourth-order valence-electron chi connectivity index (χ4n) is 1.71. The first-order chi connectivity index (χ1) is 6.45. The van der Waals surface area contributed by atoms with E-state index in [2.05, 4.69) is 4.74 Å². The molecule has 0 aromatic heterocycles. The Morgan fingerprint density at radius 3 is 2.21 bits per heavy atom. The molecule has 1 aliphatic heterocycles. The molecule has 0 aromatic carbocycles. The van der Waals surface area contributed by atoms with Crippen LogP contribution in [-0.4, -0.2) is 35.4 Å². The zero-order valence-corrected chi connectivity index (χ0v) is 8.66. The number of rotatable bonds is 2. The Bertz CT molecular complexity index is 178. The van der Waals surface area contributed by atoms with Crippen molar-refractivity contribution in [1.82, 2.24) is 0 Å². The SMILES string of the molecule is COC(C1CC[S+]([O-])CC1)C(F)(F)F. The van der Waals surface area contributed by atoms with E-state index in [0.717, 1.165) is 7.11 Å². The van der Waals surface area contributed by atoms with Gasteiger partial charge in [-0.3, -0.25) is 0 Å². The summed E-state index contributed by atoms with van der Waals surface area (Å²) in [5, 5.41) is 0. The second-order valence-corrected chi connectivity index (χ2v) is 5.08. The molecule has 0 amide bonds. The van der Waals surface area contributed by atoms with Crippen molar-refractivity contribution in [2.24, 2.45) is 5.92 Å². The lowest BCUT2D eigenvalue weighted by Crippen LogP contribution is -2.41. The van der Waals surface area contributed by atoms with E-state index in [4.69, 9.17) is 0 Å². The van der Waals surface area contributed by atoms with Gasteiger partial charge in [-0.1, -0.05) is 11.2 Å². The van der Waals surface area contributed by atoms with Crippen molar-refractivity contribution in [3.63, 3.8) is 0 Å². The molecular formula is C8H13F3O2S. The molecule has 0 bridgehead atoms. The molecule has 0 aromatic rings. The van der Waals surface area contributed by atoms with Gasteiger partial charge in [0.2, 0.25) is 0 Å². The number of halogens is 3. The van der Waals surface area contributed by atoms with Crippen molar-refractivity contribution in [2.45, 2.75) is 25.1 Å². The van der Waals surface area contributed by atoms with Gasteiger partial charge in [0.25, 0.3) is 0 Å². The number of alkyl halides is 3. The Morgan fingerprint density at radius 2 is 1.86 bits per heavy atom. The first-order valence-corrected chi connectivity index (χ1v) is 5.88. The lowest BCUT2D eigenvalue weighted by Gasteiger charge is -2.31. The van der Waals surface area contributed by atoms with Gasteiger partial charge in [0.15, 0.2) is 6.10 Å². The second-order valence-electron chi connectivity index (χ2n) is 3.38. The Morgan fingerprint density at radius 1 is 1.36 bits per heavy atom. The van der Waals surface area contributed by atoms with E-state index in [1.165, 1.54) is 0 Å². The lowest BCUT2D eigenvalue weighted by atomic mass is 9.95. The third-order valence-corrected chi connectivity index (χ3v) is 3.82. The number of hydrogen-bond donors (Lipinski definition) is 0. The van der Waals surface area contributed by atoms with Gasteiger partial charge in [0, 0.05) is 13.0 Å². The predicted octanol–water partition coefficient (Wildman–Crippen LogP) is 1.72. The average Bonchev–Trinajstić information content (AvgIpc) is 2.07. The van der Waals surface area contributed by atoms with Crippen LogP contribution in [0, 0.1) is 5.92 Å². The molecule has 14 heavy (non-hydrogen) atoms. The zero-order chi connectivity index (χ0) is 10.8. The van der Waals surface area contributed by atoms with E-state index >= 15 is 0 Å². The van der Waals surface area contributed by atoms with Crippen molar-refractivity contribution >= 4 is 11.2 Å². The van der Waals surface area contributed by atoms with E-state index in [-0.39, 0.29) is 0 Å². The van der Waals surface area contributed by atoms with Gasteiger partial charge in [0.05, 0.1) is 0 Å². The van der Waals surface area contributed by atoms with Crippen LogP contribution in [0.5, 0.6) is 0 Å². The van der Waals surface area contributed by atoms with Gasteiger partial charge in [-0.2, -0.15) is 13.2 Å². The number of methoxy groups -OCH3 is 1. The van der Waals surface area contributed by atoms with E-state index in [9.17, 15) is 17.7 Å². The number of ether oxygens (including phenoxy) is 1. The van der Waals surface area contributed by atoms with Crippen LogP contribution in [0.15, 0.2) is 0 Å². The largest absolute Gasteiger partial charge is 0.616 e. The molecule has 1 heterocycles. The van der Waals surface area contributed by atoms with Crippen LogP contribution >= 0.6 is 0 Å². The molecule has 2 nitrogen and oxygen atoms in total. The van der Waals surface area contributed by atoms with E-state index < -0.39 is 29.4 Å². The molecule has 1 atom stereocenters. The minimum absolute atomic E-state index is 0.338. The summed E-state index contributed by atoms with van der Waals surface area (Å²) in [6.07, 6.45) is -5.33. The molecule has 1 unspecified atom stereocenters. The topological polar surface area (TPSA) is 32.3 Å². The molecule has 0 spiro atoms. The summed E-state index contributed by atoms with van der Waals surface area (Å²) in [5.41, 5.74) is 0. The van der Waals surface area contributed by atoms with Gasteiger partial charge >= 0.3 is 6.18 Å². The van der Waals surface area contributed by atoms with E-state index in [1.54, 1.807) is 0 Å². The van der Waals surface area contributed by atoms with Gasteiger partial charge < -0.3 is 9.29 Å². The van der Waals surface area contributed by atoms with Gasteiger partial charge in [-0.15, -0.1) is 0 Å². The van der Waals surface area contributed by atoms with Gasteiger partial charge in [0.1, 0.15) is 11.5 Å². The van der Waals surface area contributed by atoms with Crippen LogP contribution in [0.4, 0.5) is 13.2 Å². The number of hydrogen-bond acceptors (Lipinski definition) is 2. The van der Waals surface area contributed by atoms with Crippen molar-refractivity contribution in [3.05, 3.63) is 0 Å². The molecule has 0 saturated carbocycles. The third kappa shape index (κ3) is 3.03. The highest BCUT2D eigenvalue weighted by Gasteiger charge is 2.46. The molecule has 1 saturated heterocycles. The van der Waals surface area contributed by atoms with Crippen molar-refractivity contribution in [2.75, 3.05) is 18.6 Å². The molecule has 0 N–H and O–H groups in total. The van der Waals surface area contributed by atoms with Crippen molar-refractivity contribution < 1.29 is 22.5 Å². The summed E-state index contributed by atoms with van der Waals surface area (Å²) in [7, 11) is 1.07. The molecule has 84 valence electrons. The summed E-state index contributed by atoms with van der Waals surface area (Å²) < 4.78 is 52.6. The Balaban J connectivity index is 2.54. The smallest absolute Gasteiger partial charge is 0.414 e. The molecule has 6 heteroatoms. The van der Waals surface area contributed by atoms with Crippen LogP contribution in [0.3, 0.4) is 0 Å². The average molecular weight is 230 g/mol. The molecule has 1 aliphatic rings. The Hall–Kier alpha value is 0.0600. The molecule has 1 rings (SSSR count). The summed E-state index contributed by atoms with van der Waals surface area (Å²) >= 11 is -0.929.